The van der Waals surface area contributed by atoms with Crippen LogP contribution in [0, 0.1) is 0 Å². The maximum absolute atomic E-state index is 11.8. The van der Waals surface area contributed by atoms with Crippen LogP contribution in [-0.2, 0) is 16.0 Å². The molecule has 0 saturated heterocycles. The first-order chi connectivity index (χ1) is 10.0. The number of carbonyl (C=O) groups is 2. The van der Waals surface area contributed by atoms with E-state index in [-0.39, 0.29) is 18.5 Å². The fraction of sp³-hybridized carbons (Fsp3) is 0.500. The van der Waals surface area contributed by atoms with Gasteiger partial charge < -0.3 is 20.5 Å². The van der Waals surface area contributed by atoms with Crippen LogP contribution in [0.4, 0.5) is 10.5 Å². The molecule has 0 fully saturated rings. The molecular formula is C14H21N3O4. The molecule has 0 spiro atoms. The lowest BCUT2D eigenvalue weighted by Crippen LogP contribution is -2.40. The van der Waals surface area contributed by atoms with Gasteiger partial charge in [-0.2, -0.15) is 0 Å². The van der Waals surface area contributed by atoms with E-state index in [2.05, 4.69) is 15.6 Å². The summed E-state index contributed by atoms with van der Waals surface area (Å²) in [6.07, 6.45) is 3.07. The lowest BCUT2D eigenvalue weighted by atomic mass is 10.2. The van der Waals surface area contributed by atoms with Crippen molar-refractivity contribution in [2.75, 3.05) is 19.0 Å². The maximum Gasteiger partial charge on any atom is 0.319 e. The number of aromatic nitrogens is 1. The second-order valence-corrected chi connectivity index (χ2v) is 4.65. The number of carboxylic acid groups (broad SMARTS) is 1. The van der Waals surface area contributed by atoms with Crippen molar-refractivity contribution in [3.63, 3.8) is 0 Å². The highest BCUT2D eigenvalue weighted by molar-refractivity contribution is 5.89. The normalized spacial score (nSPS) is 11.7. The fourth-order valence-corrected chi connectivity index (χ4v) is 1.86. The molecular weight excluding hydrogens is 274 g/mol. The Hall–Kier alpha value is -2.15. The quantitative estimate of drug-likeness (QED) is 0.677. The molecule has 1 rings (SSSR count). The first kappa shape index (κ1) is 16.9. The number of carbonyl (C=O) groups excluding carboxylic acids is 1. The third-order valence-electron chi connectivity index (χ3n) is 2.76. The summed E-state index contributed by atoms with van der Waals surface area (Å²) in [7, 11) is 1.59. The minimum atomic E-state index is -0.942. The number of urea groups is 1. The van der Waals surface area contributed by atoms with E-state index < -0.39 is 5.97 Å². The van der Waals surface area contributed by atoms with Crippen molar-refractivity contribution in [2.24, 2.45) is 0 Å². The van der Waals surface area contributed by atoms with Gasteiger partial charge in [0.1, 0.15) is 0 Å². The smallest absolute Gasteiger partial charge is 0.319 e. The maximum atomic E-state index is 11.8. The first-order valence-corrected chi connectivity index (χ1v) is 6.78. The molecule has 0 saturated carbocycles. The average Bonchev–Trinajstić information content (AvgIpc) is 2.41. The Bertz CT molecular complexity index is 456. The number of hydrogen-bond donors (Lipinski definition) is 3. The van der Waals surface area contributed by atoms with Gasteiger partial charge in [-0.3, -0.25) is 9.78 Å². The molecule has 7 heteroatoms. The van der Waals surface area contributed by atoms with Crippen LogP contribution in [0.15, 0.2) is 18.3 Å². The number of aliphatic carboxylic acids is 1. The predicted octanol–water partition coefficient (Wildman–Crippen LogP) is 1.65. The highest BCUT2D eigenvalue weighted by Crippen LogP contribution is 2.07. The SMILES string of the molecule is CCCC(COC)NC(=O)Nc1ccc(CC(=O)O)nc1. The number of anilines is 1. The Labute approximate surface area is 123 Å². The van der Waals surface area contributed by atoms with Crippen LogP contribution in [0.1, 0.15) is 25.5 Å². The molecule has 1 heterocycles. The topological polar surface area (TPSA) is 101 Å². The van der Waals surface area contributed by atoms with E-state index in [1.165, 1.54) is 6.20 Å². The van der Waals surface area contributed by atoms with Gasteiger partial charge in [0.15, 0.2) is 0 Å². The highest BCUT2D eigenvalue weighted by Gasteiger charge is 2.11. The van der Waals surface area contributed by atoms with Gasteiger partial charge in [0.25, 0.3) is 0 Å². The number of methoxy groups -OCH3 is 1. The van der Waals surface area contributed by atoms with Gasteiger partial charge in [-0.15, -0.1) is 0 Å². The van der Waals surface area contributed by atoms with Crippen molar-refractivity contribution >= 4 is 17.7 Å². The Morgan fingerprint density at radius 1 is 1.43 bits per heavy atom. The summed E-state index contributed by atoms with van der Waals surface area (Å²) < 4.78 is 5.05. The molecule has 0 aromatic carbocycles. The van der Waals surface area contributed by atoms with Crippen molar-refractivity contribution in [2.45, 2.75) is 32.2 Å². The monoisotopic (exact) mass is 295 g/mol. The Kier molecular flexibility index (Phi) is 7.17. The lowest BCUT2D eigenvalue weighted by Gasteiger charge is -2.17. The van der Waals surface area contributed by atoms with Gasteiger partial charge >= 0.3 is 12.0 Å². The van der Waals surface area contributed by atoms with Gasteiger partial charge in [-0.05, 0) is 18.6 Å². The van der Waals surface area contributed by atoms with Crippen LogP contribution in [-0.4, -0.2) is 41.8 Å². The summed E-state index contributed by atoms with van der Waals surface area (Å²) >= 11 is 0. The zero-order chi connectivity index (χ0) is 15.7. The standard InChI is InChI=1S/C14H21N3O4/c1-3-4-12(9-21-2)17-14(20)16-11-6-5-10(15-8-11)7-13(18)19/h5-6,8,12H,3-4,7,9H2,1-2H3,(H,18,19)(H2,16,17,20). The van der Waals surface area contributed by atoms with Crippen LogP contribution in [0.2, 0.25) is 0 Å². The largest absolute Gasteiger partial charge is 0.481 e. The lowest BCUT2D eigenvalue weighted by molar-refractivity contribution is -0.136. The molecule has 1 aromatic heterocycles. The molecule has 0 bridgehead atoms. The first-order valence-electron chi connectivity index (χ1n) is 6.78. The van der Waals surface area contributed by atoms with Crippen molar-refractivity contribution in [1.82, 2.24) is 10.3 Å². The predicted molar refractivity (Wildman–Crippen MR) is 78.3 cm³/mol. The Morgan fingerprint density at radius 2 is 2.19 bits per heavy atom. The summed E-state index contributed by atoms with van der Waals surface area (Å²) in [6.45, 7) is 2.49. The molecule has 7 nitrogen and oxygen atoms in total. The highest BCUT2D eigenvalue weighted by atomic mass is 16.5. The van der Waals surface area contributed by atoms with Crippen LogP contribution in [0.25, 0.3) is 0 Å². The molecule has 1 aromatic rings. The summed E-state index contributed by atoms with van der Waals surface area (Å²) in [6, 6.07) is 2.82. The molecule has 3 N–H and O–H groups in total. The minimum absolute atomic E-state index is 0.0424. The van der Waals surface area contributed by atoms with Crippen LogP contribution < -0.4 is 10.6 Å². The van der Waals surface area contributed by atoms with Gasteiger partial charge in [0.2, 0.25) is 0 Å². The van der Waals surface area contributed by atoms with Crippen molar-refractivity contribution in [3.05, 3.63) is 24.0 Å². The Morgan fingerprint density at radius 3 is 2.71 bits per heavy atom. The summed E-state index contributed by atoms with van der Waals surface area (Å²) in [5.41, 5.74) is 0.950. The van der Waals surface area contributed by atoms with Gasteiger partial charge in [0, 0.05) is 7.11 Å². The van der Waals surface area contributed by atoms with E-state index in [4.69, 9.17) is 9.84 Å². The molecule has 1 atom stereocenters. The van der Waals surface area contributed by atoms with Crippen molar-refractivity contribution in [1.29, 1.82) is 0 Å². The van der Waals surface area contributed by atoms with Gasteiger partial charge in [-0.25, -0.2) is 4.79 Å². The number of amides is 2. The van der Waals surface area contributed by atoms with Crippen molar-refractivity contribution in [3.8, 4) is 0 Å². The third-order valence-corrected chi connectivity index (χ3v) is 2.76. The van der Waals surface area contributed by atoms with E-state index in [1.54, 1.807) is 19.2 Å². The number of hydrogen-bond acceptors (Lipinski definition) is 4. The van der Waals surface area contributed by atoms with Crippen LogP contribution >= 0.6 is 0 Å². The zero-order valence-corrected chi connectivity index (χ0v) is 12.3. The molecule has 2 amide bonds. The molecule has 21 heavy (non-hydrogen) atoms. The second-order valence-electron chi connectivity index (χ2n) is 4.65. The van der Waals surface area contributed by atoms with Crippen molar-refractivity contribution < 1.29 is 19.4 Å². The van der Waals surface area contributed by atoms with E-state index in [9.17, 15) is 9.59 Å². The molecule has 1 unspecified atom stereocenters. The minimum Gasteiger partial charge on any atom is -0.481 e. The van der Waals surface area contributed by atoms with E-state index in [0.717, 1.165) is 12.8 Å². The van der Waals surface area contributed by atoms with E-state index in [0.29, 0.717) is 18.0 Å². The zero-order valence-electron chi connectivity index (χ0n) is 12.3. The second kappa shape index (κ2) is 8.91. The molecule has 0 radical (unpaired) electrons. The molecule has 116 valence electrons. The molecule has 0 aliphatic heterocycles. The van der Waals surface area contributed by atoms with Crippen LogP contribution in [0.5, 0.6) is 0 Å². The molecule has 0 aliphatic carbocycles. The number of pyridine rings is 1. The van der Waals surface area contributed by atoms with Gasteiger partial charge in [-0.1, -0.05) is 13.3 Å². The number of ether oxygens (including phenoxy) is 1. The fourth-order valence-electron chi connectivity index (χ4n) is 1.86. The number of carboxylic acids is 1. The number of rotatable bonds is 8. The molecule has 0 aliphatic rings. The summed E-state index contributed by atoms with van der Waals surface area (Å²) in [5, 5.41) is 14.1. The number of nitrogens with one attached hydrogen (secondary N) is 2. The summed E-state index contributed by atoms with van der Waals surface area (Å²) in [5.74, 6) is -0.942. The van der Waals surface area contributed by atoms with E-state index in [1.807, 2.05) is 6.92 Å². The average molecular weight is 295 g/mol. The Balaban J connectivity index is 2.51. The van der Waals surface area contributed by atoms with Gasteiger partial charge in [0.05, 0.1) is 36.6 Å². The van der Waals surface area contributed by atoms with E-state index >= 15 is 0 Å². The number of nitrogens with zero attached hydrogens (tertiary/aromatic N) is 1. The third kappa shape index (κ3) is 6.71. The summed E-state index contributed by atoms with van der Waals surface area (Å²) in [4.78, 5) is 26.4. The van der Waals surface area contributed by atoms with Crippen LogP contribution in [0.3, 0.4) is 0 Å².